The fraction of sp³-hybridized carbons (Fsp3) is 0.571. The van der Waals surface area contributed by atoms with Gasteiger partial charge < -0.3 is 0 Å². The Hall–Kier alpha value is -1.37. The minimum absolute atomic E-state index is 0.278. The van der Waals surface area contributed by atoms with E-state index in [2.05, 4.69) is 18.2 Å². The zero-order valence-corrected chi connectivity index (χ0v) is 13.0. The van der Waals surface area contributed by atoms with E-state index in [-0.39, 0.29) is 5.41 Å². The molecule has 0 aromatic heterocycles. The summed E-state index contributed by atoms with van der Waals surface area (Å²) in [6, 6.07) is 6.91. The van der Waals surface area contributed by atoms with E-state index in [1.807, 2.05) is 5.57 Å². The molecule has 6 aliphatic carbocycles. The molecule has 0 saturated heterocycles. The van der Waals surface area contributed by atoms with Gasteiger partial charge in [-0.15, -0.1) is 0 Å². The molecular weight excluding hydrogens is 268 g/mol. The Bertz CT molecular complexity index is 755. The van der Waals surface area contributed by atoms with E-state index >= 15 is 0 Å². The second-order valence-electron chi connectivity index (χ2n) is 8.36. The summed E-state index contributed by atoms with van der Waals surface area (Å²) < 4.78 is 0. The van der Waals surface area contributed by atoms with Crippen molar-refractivity contribution >= 4 is 5.78 Å². The number of benzene rings is 1. The average molecular weight is 290 g/mol. The van der Waals surface area contributed by atoms with E-state index < -0.39 is 0 Å². The first kappa shape index (κ1) is 12.1. The van der Waals surface area contributed by atoms with E-state index in [0.717, 1.165) is 18.8 Å². The minimum atomic E-state index is 0.278. The lowest BCUT2D eigenvalue weighted by molar-refractivity contribution is -0.126. The van der Waals surface area contributed by atoms with Crippen LogP contribution in [0.4, 0.5) is 0 Å². The molecule has 7 rings (SSSR count). The van der Waals surface area contributed by atoms with Crippen LogP contribution in [-0.4, -0.2) is 5.78 Å². The summed E-state index contributed by atoms with van der Waals surface area (Å²) in [6.45, 7) is 0. The number of carbonyl (C=O) groups is 1. The van der Waals surface area contributed by atoms with Crippen LogP contribution in [0.15, 0.2) is 29.3 Å². The molecule has 0 amide bonds. The molecule has 112 valence electrons. The molecule has 1 aromatic carbocycles. The summed E-state index contributed by atoms with van der Waals surface area (Å²) in [4.78, 5) is 13.1. The van der Waals surface area contributed by atoms with Crippen molar-refractivity contribution in [1.29, 1.82) is 0 Å². The van der Waals surface area contributed by atoms with Crippen molar-refractivity contribution in [3.63, 3.8) is 0 Å². The highest BCUT2D eigenvalue weighted by molar-refractivity contribution is 5.88. The van der Waals surface area contributed by atoms with E-state index in [4.69, 9.17) is 0 Å². The van der Waals surface area contributed by atoms with Gasteiger partial charge in [-0.3, -0.25) is 4.79 Å². The lowest BCUT2D eigenvalue weighted by atomic mass is 9.62. The Morgan fingerprint density at radius 3 is 3.09 bits per heavy atom. The molecule has 1 nitrogen and oxygen atoms in total. The first-order chi connectivity index (χ1) is 10.8. The molecule has 0 N–H and O–H groups in total. The summed E-state index contributed by atoms with van der Waals surface area (Å²) in [6.07, 6.45) is 9.65. The number of carbonyl (C=O) groups excluding carboxylic acids is 1. The largest absolute Gasteiger partial charge is 0.299 e. The Balaban J connectivity index is 1.73. The smallest absolute Gasteiger partial charge is 0.141 e. The Kier molecular flexibility index (Phi) is 2.06. The summed E-state index contributed by atoms with van der Waals surface area (Å²) in [5, 5.41) is 0. The number of rotatable bonds is 0. The van der Waals surface area contributed by atoms with Gasteiger partial charge in [-0.2, -0.15) is 0 Å². The molecule has 1 heteroatoms. The highest BCUT2D eigenvalue weighted by Crippen LogP contribution is 2.68. The van der Waals surface area contributed by atoms with Gasteiger partial charge in [0.15, 0.2) is 0 Å². The topological polar surface area (TPSA) is 17.1 Å². The Morgan fingerprint density at radius 2 is 2.14 bits per heavy atom. The molecule has 1 fully saturated rings. The van der Waals surface area contributed by atoms with E-state index in [9.17, 15) is 4.79 Å². The number of hydrogen-bond acceptors (Lipinski definition) is 1. The fourth-order valence-electron chi connectivity index (χ4n) is 7.05. The highest BCUT2D eigenvalue weighted by Gasteiger charge is 2.59. The van der Waals surface area contributed by atoms with Crippen LogP contribution in [0.1, 0.15) is 61.1 Å². The zero-order valence-electron chi connectivity index (χ0n) is 13.0. The zero-order chi connectivity index (χ0) is 14.5. The van der Waals surface area contributed by atoms with Gasteiger partial charge in [-0.05, 0) is 67.6 Å². The van der Waals surface area contributed by atoms with Gasteiger partial charge in [0, 0.05) is 23.7 Å². The normalized spacial score (nSPS) is 40.7. The molecule has 1 aromatic rings. The van der Waals surface area contributed by atoms with Crippen molar-refractivity contribution in [1.82, 2.24) is 0 Å². The van der Waals surface area contributed by atoms with Crippen LogP contribution in [0, 0.1) is 17.3 Å². The predicted molar refractivity (Wildman–Crippen MR) is 85.7 cm³/mol. The van der Waals surface area contributed by atoms with Gasteiger partial charge in [0.25, 0.3) is 0 Å². The maximum absolute atomic E-state index is 13.1. The third kappa shape index (κ3) is 1.19. The lowest BCUT2D eigenvalue weighted by Gasteiger charge is -2.41. The molecule has 9 bridgehead atoms. The van der Waals surface area contributed by atoms with Crippen molar-refractivity contribution in [3.8, 4) is 0 Å². The van der Waals surface area contributed by atoms with Gasteiger partial charge in [-0.25, -0.2) is 0 Å². The maximum Gasteiger partial charge on any atom is 0.141 e. The molecule has 0 heterocycles. The second kappa shape index (κ2) is 3.75. The second-order valence-corrected chi connectivity index (χ2v) is 8.36. The van der Waals surface area contributed by atoms with Crippen LogP contribution < -0.4 is 0 Å². The number of allylic oxidation sites excluding steroid dienone is 2. The molecule has 6 aliphatic rings. The highest BCUT2D eigenvalue weighted by atomic mass is 16.1. The lowest BCUT2D eigenvalue weighted by Crippen LogP contribution is -2.39. The van der Waals surface area contributed by atoms with Crippen LogP contribution >= 0.6 is 0 Å². The van der Waals surface area contributed by atoms with Gasteiger partial charge >= 0.3 is 0 Å². The fourth-order valence-corrected chi connectivity index (χ4v) is 7.05. The monoisotopic (exact) mass is 290 g/mol. The molecule has 22 heavy (non-hydrogen) atoms. The molecule has 0 aliphatic heterocycles. The SMILES string of the molecule is O=C1Cc2c3cccc2C2CCCC4=C2C2CCC4(C2)C1C3. The van der Waals surface area contributed by atoms with Crippen LogP contribution in [-0.2, 0) is 17.6 Å². The third-order valence-corrected chi connectivity index (χ3v) is 7.75. The van der Waals surface area contributed by atoms with E-state index in [1.54, 1.807) is 5.57 Å². The van der Waals surface area contributed by atoms with Gasteiger partial charge in [0.05, 0.1) is 0 Å². The number of hydrogen-bond donors (Lipinski definition) is 0. The van der Waals surface area contributed by atoms with Crippen LogP contribution in [0.2, 0.25) is 0 Å². The molecule has 1 spiro atoms. The first-order valence-electron chi connectivity index (χ1n) is 9.15. The molecular formula is C21H22O. The van der Waals surface area contributed by atoms with E-state index in [1.165, 1.54) is 55.2 Å². The Labute approximate surface area is 131 Å². The maximum atomic E-state index is 13.1. The first-order valence-corrected chi connectivity index (χ1v) is 9.15. The summed E-state index contributed by atoms with van der Waals surface area (Å²) in [5.41, 5.74) is 8.32. The third-order valence-electron chi connectivity index (χ3n) is 7.75. The van der Waals surface area contributed by atoms with Gasteiger partial charge in [0.1, 0.15) is 5.78 Å². The minimum Gasteiger partial charge on any atom is -0.299 e. The molecule has 4 unspecified atom stereocenters. The van der Waals surface area contributed by atoms with Crippen LogP contribution in [0.3, 0.4) is 0 Å². The quantitative estimate of drug-likeness (QED) is 0.649. The number of ketones is 1. The average Bonchev–Trinajstić information content (AvgIpc) is 3.11. The standard InChI is InChI=1S/C21H22O/c22-19-10-16-12-3-1-4-14(16)15-5-2-6-17-20(15)13-7-8-21(17,11-13)18(19)9-12/h1,3-4,13,15,18H,2,5-11H2. The number of fused-ring (bicyclic) bond motifs is 2. The van der Waals surface area contributed by atoms with Crippen molar-refractivity contribution in [2.24, 2.45) is 17.3 Å². The van der Waals surface area contributed by atoms with E-state index in [0.29, 0.717) is 17.6 Å². The summed E-state index contributed by atoms with van der Waals surface area (Å²) in [7, 11) is 0. The van der Waals surface area contributed by atoms with Crippen molar-refractivity contribution in [2.45, 2.75) is 57.3 Å². The molecule has 4 atom stereocenters. The molecule has 1 saturated carbocycles. The van der Waals surface area contributed by atoms with Crippen LogP contribution in [0.5, 0.6) is 0 Å². The summed E-state index contributed by atoms with van der Waals surface area (Å²) in [5.74, 6) is 2.31. The van der Waals surface area contributed by atoms with Crippen LogP contribution in [0.25, 0.3) is 0 Å². The predicted octanol–water partition coefficient (Wildman–Crippen LogP) is 4.35. The van der Waals surface area contributed by atoms with Crippen molar-refractivity contribution < 1.29 is 4.79 Å². The van der Waals surface area contributed by atoms with Gasteiger partial charge in [-0.1, -0.05) is 29.3 Å². The molecule has 0 radical (unpaired) electrons. The van der Waals surface area contributed by atoms with Crippen molar-refractivity contribution in [3.05, 3.63) is 46.0 Å². The Morgan fingerprint density at radius 1 is 1.18 bits per heavy atom. The van der Waals surface area contributed by atoms with Gasteiger partial charge in [0.2, 0.25) is 0 Å². The summed E-state index contributed by atoms with van der Waals surface area (Å²) >= 11 is 0. The number of Topliss-reactive ketones (excluding diaryl/α,β-unsaturated/α-hetero) is 1. The van der Waals surface area contributed by atoms with Crippen molar-refractivity contribution in [2.75, 3.05) is 0 Å².